The van der Waals surface area contributed by atoms with Gasteiger partial charge >= 0.3 is 0 Å². The van der Waals surface area contributed by atoms with Crippen LogP contribution in [0.15, 0.2) is 0 Å². The molecule has 0 aliphatic heterocycles. The van der Waals surface area contributed by atoms with E-state index in [-0.39, 0.29) is 10.3 Å². The van der Waals surface area contributed by atoms with Crippen molar-refractivity contribution in [3.8, 4) is 0 Å². The van der Waals surface area contributed by atoms with Crippen LogP contribution < -0.4 is 0 Å². The maximum atomic E-state index is 5.85. The smallest absolute Gasteiger partial charge is 0.0622 e. The monoisotopic (exact) mass is 138 g/mol. The van der Waals surface area contributed by atoms with Crippen LogP contribution in [-0.4, -0.2) is 10.3 Å². The van der Waals surface area contributed by atoms with Gasteiger partial charge in [-0.25, -0.2) is 0 Å². The Labute approximate surface area is 53.8 Å². The molecule has 1 aliphatic carbocycles. The van der Waals surface area contributed by atoms with E-state index in [9.17, 15) is 0 Å². The van der Waals surface area contributed by atoms with Gasteiger partial charge in [-0.05, 0) is 12.8 Å². The Morgan fingerprint density at radius 2 is 2.29 bits per heavy atom. The van der Waals surface area contributed by atoms with Crippen LogP contribution in [-0.2, 0) is 0 Å². The fourth-order valence-electron chi connectivity index (χ4n) is 0.605. The lowest BCUT2D eigenvalue weighted by Gasteiger charge is -1.96. The molecule has 1 saturated carbocycles. The second kappa shape index (κ2) is 1.53. The summed E-state index contributed by atoms with van der Waals surface area (Å²) in [5.74, 6) is 0. The molecule has 7 heavy (non-hydrogen) atoms. The first-order chi connectivity index (χ1) is 3.19. The summed E-state index contributed by atoms with van der Waals surface area (Å²) in [4.78, 5) is -0.0123. The minimum absolute atomic E-state index is 0.0123. The molecule has 2 atom stereocenters. The Kier molecular flexibility index (Phi) is 1.25. The zero-order valence-corrected chi connectivity index (χ0v) is 5.76. The van der Waals surface area contributed by atoms with Crippen LogP contribution in [0, 0.1) is 0 Å². The normalized spacial score (nSPS) is 49.3. The largest absolute Gasteiger partial charge is 0.121 e. The first-order valence-electron chi connectivity index (χ1n) is 2.52. The topological polar surface area (TPSA) is 0 Å². The molecule has 0 nitrogen and oxygen atoms in total. The number of alkyl halides is 2. The predicted molar refractivity (Wildman–Crippen MR) is 33.1 cm³/mol. The maximum Gasteiger partial charge on any atom is 0.0622 e. The van der Waals surface area contributed by atoms with Crippen molar-refractivity contribution in [3.05, 3.63) is 0 Å². The van der Waals surface area contributed by atoms with Crippen LogP contribution >= 0.6 is 23.2 Å². The van der Waals surface area contributed by atoms with Crippen LogP contribution in [0.25, 0.3) is 0 Å². The molecular formula is C5H8Cl2. The SMILES string of the molecule is CCC1(Cl)CC1Cl. The van der Waals surface area contributed by atoms with Gasteiger partial charge in [-0.15, -0.1) is 23.2 Å². The number of rotatable bonds is 1. The van der Waals surface area contributed by atoms with E-state index in [2.05, 4.69) is 6.92 Å². The summed E-state index contributed by atoms with van der Waals surface area (Å²) in [6.07, 6.45) is 2.00. The summed E-state index contributed by atoms with van der Waals surface area (Å²) in [7, 11) is 0. The highest BCUT2D eigenvalue weighted by molar-refractivity contribution is 6.36. The summed E-state index contributed by atoms with van der Waals surface area (Å²) >= 11 is 11.5. The molecule has 1 fully saturated rings. The summed E-state index contributed by atoms with van der Waals surface area (Å²) in [5.41, 5.74) is 0. The maximum absolute atomic E-state index is 5.85. The van der Waals surface area contributed by atoms with Gasteiger partial charge in [0, 0.05) is 0 Å². The Hall–Kier alpha value is 0.580. The third kappa shape index (κ3) is 0.872. The lowest BCUT2D eigenvalue weighted by molar-refractivity contribution is 0.842. The van der Waals surface area contributed by atoms with Gasteiger partial charge in [0.05, 0.1) is 10.3 Å². The van der Waals surface area contributed by atoms with Gasteiger partial charge in [-0.3, -0.25) is 0 Å². The summed E-state index contributed by atoms with van der Waals surface area (Å²) in [6.45, 7) is 2.06. The summed E-state index contributed by atoms with van der Waals surface area (Å²) in [5, 5.41) is 0.249. The molecule has 42 valence electrons. The Morgan fingerprint density at radius 3 is 2.29 bits per heavy atom. The average molecular weight is 139 g/mol. The van der Waals surface area contributed by atoms with E-state index in [0.29, 0.717) is 0 Å². The highest BCUT2D eigenvalue weighted by Gasteiger charge is 2.50. The minimum atomic E-state index is -0.0123. The molecule has 0 amide bonds. The molecule has 1 rings (SSSR count). The molecule has 2 heteroatoms. The van der Waals surface area contributed by atoms with Gasteiger partial charge in [-0.2, -0.15) is 0 Å². The van der Waals surface area contributed by atoms with E-state index in [4.69, 9.17) is 23.2 Å². The van der Waals surface area contributed by atoms with Crippen molar-refractivity contribution in [1.29, 1.82) is 0 Å². The van der Waals surface area contributed by atoms with Crippen molar-refractivity contribution >= 4 is 23.2 Å². The van der Waals surface area contributed by atoms with E-state index < -0.39 is 0 Å². The highest BCUT2D eigenvalue weighted by Crippen LogP contribution is 2.49. The number of halogens is 2. The van der Waals surface area contributed by atoms with E-state index >= 15 is 0 Å². The van der Waals surface area contributed by atoms with Gasteiger partial charge in [0.2, 0.25) is 0 Å². The minimum Gasteiger partial charge on any atom is -0.121 e. The van der Waals surface area contributed by atoms with E-state index in [1.165, 1.54) is 0 Å². The third-order valence-corrected chi connectivity index (χ3v) is 2.88. The van der Waals surface area contributed by atoms with Gasteiger partial charge in [0.15, 0.2) is 0 Å². The van der Waals surface area contributed by atoms with Crippen molar-refractivity contribution < 1.29 is 0 Å². The van der Waals surface area contributed by atoms with Crippen LogP contribution in [0.4, 0.5) is 0 Å². The molecule has 0 saturated heterocycles. The average Bonchev–Trinajstić information content (AvgIpc) is 2.18. The van der Waals surface area contributed by atoms with E-state index in [1.807, 2.05) is 0 Å². The second-order valence-electron chi connectivity index (χ2n) is 2.06. The molecule has 0 bridgehead atoms. The molecule has 2 unspecified atom stereocenters. The Morgan fingerprint density at radius 1 is 1.86 bits per heavy atom. The highest BCUT2D eigenvalue weighted by atomic mass is 35.5. The Balaban J connectivity index is 2.36. The Bertz CT molecular complexity index is 78.1. The van der Waals surface area contributed by atoms with E-state index in [0.717, 1.165) is 12.8 Å². The lowest BCUT2D eigenvalue weighted by Crippen LogP contribution is -1.97. The van der Waals surface area contributed by atoms with Crippen molar-refractivity contribution in [2.75, 3.05) is 0 Å². The molecule has 1 aliphatic rings. The molecule has 0 radical (unpaired) electrons. The van der Waals surface area contributed by atoms with Crippen LogP contribution in [0.1, 0.15) is 19.8 Å². The van der Waals surface area contributed by atoms with Crippen molar-refractivity contribution in [1.82, 2.24) is 0 Å². The molecule has 0 spiro atoms. The fourth-order valence-corrected chi connectivity index (χ4v) is 1.27. The van der Waals surface area contributed by atoms with Crippen molar-refractivity contribution in [2.24, 2.45) is 0 Å². The van der Waals surface area contributed by atoms with E-state index in [1.54, 1.807) is 0 Å². The zero-order chi connectivity index (χ0) is 5.49. The van der Waals surface area contributed by atoms with Gasteiger partial charge < -0.3 is 0 Å². The van der Waals surface area contributed by atoms with Gasteiger partial charge in [-0.1, -0.05) is 6.92 Å². The predicted octanol–water partition coefficient (Wildman–Crippen LogP) is 2.39. The lowest BCUT2D eigenvalue weighted by atomic mass is 10.3. The number of hydrogen-bond donors (Lipinski definition) is 0. The first kappa shape index (κ1) is 5.71. The molecule has 0 aromatic heterocycles. The van der Waals surface area contributed by atoms with Crippen LogP contribution in [0.2, 0.25) is 0 Å². The van der Waals surface area contributed by atoms with Crippen molar-refractivity contribution in [3.63, 3.8) is 0 Å². The summed E-state index contributed by atoms with van der Waals surface area (Å²) in [6, 6.07) is 0. The van der Waals surface area contributed by atoms with Gasteiger partial charge in [0.1, 0.15) is 0 Å². The zero-order valence-electron chi connectivity index (χ0n) is 4.25. The number of hydrogen-bond acceptors (Lipinski definition) is 0. The molecule has 0 aromatic rings. The molecule has 0 aromatic carbocycles. The van der Waals surface area contributed by atoms with Gasteiger partial charge in [0.25, 0.3) is 0 Å². The van der Waals surface area contributed by atoms with Crippen LogP contribution in [0.3, 0.4) is 0 Å². The summed E-state index contributed by atoms with van der Waals surface area (Å²) < 4.78 is 0. The molecule has 0 heterocycles. The molecule has 0 N–H and O–H groups in total. The second-order valence-corrected chi connectivity index (χ2v) is 3.34. The fraction of sp³-hybridized carbons (Fsp3) is 1.00. The van der Waals surface area contributed by atoms with Crippen molar-refractivity contribution in [2.45, 2.75) is 30.0 Å². The first-order valence-corrected chi connectivity index (χ1v) is 3.33. The molecular weight excluding hydrogens is 131 g/mol. The van der Waals surface area contributed by atoms with Crippen LogP contribution in [0.5, 0.6) is 0 Å². The third-order valence-electron chi connectivity index (χ3n) is 1.51. The quantitative estimate of drug-likeness (QED) is 0.489. The standard InChI is InChI=1S/C5H8Cl2/c1-2-5(7)3-4(5)6/h4H,2-3H2,1H3.